The Morgan fingerprint density at radius 3 is 2.47 bits per heavy atom. The molecule has 0 spiro atoms. The van der Waals surface area contributed by atoms with Crippen molar-refractivity contribution in [3.05, 3.63) is 48.0 Å². The first-order valence-electron chi connectivity index (χ1n) is 7.17. The van der Waals surface area contributed by atoms with Gasteiger partial charge in [0.1, 0.15) is 0 Å². The molecule has 0 bridgehead atoms. The van der Waals surface area contributed by atoms with Gasteiger partial charge in [-0.2, -0.15) is 0 Å². The third kappa shape index (κ3) is 4.66. The average molecular weight is 256 g/mol. The Kier molecular flexibility index (Phi) is 5.37. The number of hydrogen-bond donors (Lipinski definition) is 2. The molecule has 0 heterocycles. The van der Waals surface area contributed by atoms with Crippen LogP contribution in [0.2, 0.25) is 0 Å². The van der Waals surface area contributed by atoms with E-state index in [4.69, 9.17) is 0 Å². The number of nitrogens with one attached hydrogen (secondary N) is 2. The van der Waals surface area contributed by atoms with Crippen molar-refractivity contribution in [2.24, 2.45) is 0 Å². The molecule has 0 aliphatic heterocycles. The van der Waals surface area contributed by atoms with Crippen molar-refractivity contribution in [2.75, 3.05) is 19.6 Å². The predicted molar refractivity (Wildman–Crippen MR) is 83.7 cm³/mol. The summed E-state index contributed by atoms with van der Waals surface area (Å²) in [7, 11) is 0. The van der Waals surface area contributed by atoms with E-state index in [1.54, 1.807) is 0 Å². The number of benzene rings is 2. The van der Waals surface area contributed by atoms with Crippen LogP contribution in [-0.2, 0) is 6.42 Å². The van der Waals surface area contributed by atoms with Crippen LogP contribution in [0.4, 0.5) is 0 Å². The van der Waals surface area contributed by atoms with Crippen LogP contribution in [0.1, 0.15) is 19.4 Å². The monoisotopic (exact) mass is 256 g/mol. The second-order valence-corrected chi connectivity index (χ2v) is 5.29. The van der Waals surface area contributed by atoms with Crippen molar-refractivity contribution >= 4 is 10.8 Å². The Morgan fingerprint density at radius 2 is 1.68 bits per heavy atom. The van der Waals surface area contributed by atoms with E-state index in [1.807, 2.05) is 0 Å². The highest BCUT2D eigenvalue weighted by Crippen LogP contribution is 2.15. The lowest BCUT2D eigenvalue weighted by Gasteiger charge is -2.09. The van der Waals surface area contributed by atoms with Crippen molar-refractivity contribution in [2.45, 2.75) is 26.3 Å². The third-order valence-corrected chi connectivity index (χ3v) is 3.26. The van der Waals surface area contributed by atoms with Crippen LogP contribution in [0.15, 0.2) is 42.5 Å². The van der Waals surface area contributed by atoms with Gasteiger partial charge in [0, 0.05) is 19.1 Å². The number of hydrogen-bond acceptors (Lipinski definition) is 2. The lowest BCUT2D eigenvalue weighted by atomic mass is 10.1. The molecule has 2 nitrogen and oxygen atoms in total. The summed E-state index contributed by atoms with van der Waals surface area (Å²) in [6, 6.07) is 15.8. The van der Waals surface area contributed by atoms with E-state index in [0.29, 0.717) is 6.04 Å². The van der Waals surface area contributed by atoms with Gasteiger partial charge in [-0.15, -0.1) is 0 Å². The van der Waals surface area contributed by atoms with Crippen molar-refractivity contribution in [1.29, 1.82) is 0 Å². The molecule has 0 saturated heterocycles. The molecule has 0 aromatic heterocycles. The molecule has 2 heteroatoms. The van der Waals surface area contributed by atoms with Gasteiger partial charge in [-0.25, -0.2) is 0 Å². The van der Waals surface area contributed by atoms with Crippen molar-refractivity contribution in [3.63, 3.8) is 0 Å². The summed E-state index contributed by atoms with van der Waals surface area (Å²) in [6.45, 7) is 7.46. The van der Waals surface area contributed by atoms with Gasteiger partial charge in [0.2, 0.25) is 0 Å². The van der Waals surface area contributed by atoms with Crippen LogP contribution < -0.4 is 10.6 Å². The third-order valence-electron chi connectivity index (χ3n) is 3.26. The lowest BCUT2D eigenvalue weighted by molar-refractivity contribution is 0.556. The van der Waals surface area contributed by atoms with Gasteiger partial charge in [-0.05, 0) is 29.3 Å². The molecular weight excluding hydrogens is 232 g/mol. The molecule has 2 rings (SSSR count). The molecular formula is C17H24N2. The smallest absolute Gasteiger partial charge is 0.00790 e. The molecule has 0 saturated carbocycles. The molecule has 2 aromatic rings. The summed E-state index contributed by atoms with van der Waals surface area (Å²) in [4.78, 5) is 0. The first-order chi connectivity index (χ1) is 9.25. The molecule has 2 aromatic carbocycles. The molecule has 0 aliphatic carbocycles. The fourth-order valence-electron chi connectivity index (χ4n) is 2.20. The standard InChI is InChI=1S/C17H24N2/c1-14(2)19-12-11-18-10-9-15-7-8-16-5-3-4-6-17(16)13-15/h3-8,13-14,18-19H,9-12H2,1-2H3. The second kappa shape index (κ2) is 7.27. The molecule has 19 heavy (non-hydrogen) atoms. The topological polar surface area (TPSA) is 24.1 Å². The Labute approximate surface area is 116 Å². The van der Waals surface area contributed by atoms with E-state index in [-0.39, 0.29) is 0 Å². The van der Waals surface area contributed by atoms with Crippen molar-refractivity contribution < 1.29 is 0 Å². The molecule has 2 N–H and O–H groups in total. The van der Waals surface area contributed by atoms with E-state index in [0.717, 1.165) is 26.1 Å². The lowest BCUT2D eigenvalue weighted by Crippen LogP contribution is -2.32. The zero-order valence-electron chi connectivity index (χ0n) is 11.9. The van der Waals surface area contributed by atoms with Gasteiger partial charge in [0.05, 0.1) is 0 Å². The quantitative estimate of drug-likeness (QED) is 0.744. The molecule has 0 fully saturated rings. The van der Waals surface area contributed by atoms with E-state index in [9.17, 15) is 0 Å². The summed E-state index contributed by atoms with van der Waals surface area (Å²) in [5, 5.41) is 9.54. The minimum Gasteiger partial charge on any atom is -0.315 e. The van der Waals surface area contributed by atoms with E-state index < -0.39 is 0 Å². The first kappa shape index (κ1) is 14.0. The molecule has 0 radical (unpaired) electrons. The van der Waals surface area contributed by atoms with Gasteiger partial charge < -0.3 is 10.6 Å². The highest BCUT2D eigenvalue weighted by atomic mass is 14.9. The summed E-state index contributed by atoms with van der Waals surface area (Å²) in [6.07, 6.45) is 1.09. The van der Waals surface area contributed by atoms with Crippen molar-refractivity contribution in [1.82, 2.24) is 10.6 Å². The minimum atomic E-state index is 0.572. The van der Waals surface area contributed by atoms with Crippen LogP contribution >= 0.6 is 0 Å². The highest BCUT2D eigenvalue weighted by Gasteiger charge is 1.96. The minimum absolute atomic E-state index is 0.572. The first-order valence-corrected chi connectivity index (χ1v) is 7.17. The van der Waals surface area contributed by atoms with Crippen LogP contribution in [-0.4, -0.2) is 25.7 Å². The van der Waals surface area contributed by atoms with Gasteiger partial charge in [-0.1, -0.05) is 56.3 Å². The summed E-state index contributed by atoms with van der Waals surface area (Å²) < 4.78 is 0. The molecule has 102 valence electrons. The van der Waals surface area contributed by atoms with Gasteiger partial charge in [-0.3, -0.25) is 0 Å². The van der Waals surface area contributed by atoms with E-state index in [1.165, 1.54) is 16.3 Å². The number of rotatable bonds is 7. The summed E-state index contributed by atoms with van der Waals surface area (Å²) in [5.74, 6) is 0. The maximum absolute atomic E-state index is 3.47. The van der Waals surface area contributed by atoms with Crippen LogP contribution in [0.25, 0.3) is 10.8 Å². The Hall–Kier alpha value is -1.38. The predicted octanol–water partition coefficient (Wildman–Crippen LogP) is 2.97. The summed E-state index contributed by atoms with van der Waals surface area (Å²) >= 11 is 0. The normalized spacial score (nSPS) is 11.3. The molecule has 0 aliphatic rings. The van der Waals surface area contributed by atoms with Gasteiger partial charge in [0.15, 0.2) is 0 Å². The molecule has 0 unspecified atom stereocenters. The van der Waals surface area contributed by atoms with Crippen LogP contribution in [0.5, 0.6) is 0 Å². The molecule has 0 atom stereocenters. The van der Waals surface area contributed by atoms with Gasteiger partial charge in [0.25, 0.3) is 0 Å². The second-order valence-electron chi connectivity index (χ2n) is 5.29. The highest BCUT2D eigenvalue weighted by molar-refractivity contribution is 5.82. The maximum Gasteiger partial charge on any atom is 0.00790 e. The SMILES string of the molecule is CC(C)NCCNCCc1ccc2ccccc2c1. The Balaban J connectivity index is 1.75. The number of fused-ring (bicyclic) bond motifs is 1. The summed E-state index contributed by atoms with van der Waals surface area (Å²) in [5.41, 5.74) is 1.41. The maximum atomic E-state index is 3.47. The zero-order valence-corrected chi connectivity index (χ0v) is 11.9. The van der Waals surface area contributed by atoms with E-state index >= 15 is 0 Å². The zero-order chi connectivity index (χ0) is 13.5. The van der Waals surface area contributed by atoms with Crippen LogP contribution in [0, 0.1) is 0 Å². The molecule has 0 amide bonds. The Bertz CT molecular complexity index is 505. The van der Waals surface area contributed by atoms with Crippen LogP contribution in [0.3, 0.4) is 0 Å². The fourth-order valence-corrected chi connectivity index (χ4v) is 2.20. The van der Waals surface area contributed by atoms with E-state index in [2.05, 4.69) is 66.9 Å². The van der Waals surface area contributed by atoms with Crippen molar-refractivity contribution in [3.8, 4) is 0 Å². The average Bonchev–Trinajstić information content (AvgIpc) is 2.42. The van der Waals surface area contributed by atoms with Gasteiger partial charge >= 0.3 is 0 Å². The fraction of sp³-hybridized carbons (Fsp3) is 0.412. The largest absolute Gasteiger partial charge is 0.315 e. The Morgan fingerprint density at radius 1 is 0.895 bits per heavy atom.